The summed E-state index contributed by atoms with van der Waals surface area (Å²) in [6.07, 6.45) is 1.55. The first-order valence-corrected chi connectivity index (χ1v) is 4.77. The molecule has 1 aromatic rings. The fourth-order valence-corrected chi connectivity index (χ4v) is 1.01. The van der Waals surface area contributed by atoms with E-state index in [2.05, 4.69) is 15.5 Å². The minimum absolute atomic E-state index is 0.314. The van der Waals surface area contributed by atoms with Crippen LogP contribution >= 0.6 is 0 Å². The number of nitrogens with one attached hydrogen (secondary N) is 1. The first kappa shape index (κ1) is 11.4. The quantitative estimate of drug-likeness (QED) is 0.512. The molecule has 0 aliphatic rings. The number of hydrogen-bond acceptors (Lipinski definition) is 6. The van der Waals surface area contributed by atoms with Crippen LogP contribution in [0, 0.1) is 0 Å². The molecule has 5 N–H and O–H groups in total. The van der Waals surface area contributed by atoms with E-state index in [1.54, 1.807) is 0 Å². The highest BCUT2D eigenvalue weighted by Crippen LogP contribution is 2.05. The molecule has 0 saturated heterocycles. The summed E-state index contributed by atoms with van der Waals surface area (Å²) in [4.78, 5) is 10.4. The van der Waals surface area contributed by atoms with Crippen molar-refractivity contribution >= 4 is 11.9 Å². The Morgan fingerprint density at radius 1 is 1.47 bits per heavy atom. The van der Waals surface area contributed by atoms with Crippen molar-refractivity contribution in [3.63, 3.8) is 0 Å². The molecule has 0 aromatic carbocycles. The van der Waals surface area contributed by atoms with Gasteiger partial charge in [-0.3, -0.25) is 4.79 Å². The topological polar surface area (TPSA) is 120 Å². The van der Waals surface area contributed by atoms with Gasteiger partial charge in [0.15, 0.2) is 0 Å². The molecule has 0 unspecified atom stereocenters. The second-order valence-corrected chi connectivity index (χ2v) is 3.04. The molecule has 1 amide bonds. The molecule has 7 nitrogen and oxygen atoms in total. The van der Waals surface area contributed by atoms with Gasteiger partial charge in [0.05, 0.1) is 0 Å². The molecular weight excluding hydrogens is 198 g/mol. The van der Waals surface area contributed by atoms with Crippen LogP contribution in [0.25, 0.3) is 0 Å². The van der Waals surface area contributed by atoms with E-state index in [0.29, 0.717) is 44.3 Å². The lowest BCUT2D eigenvalue weighted by atomic mass is 10.3. The van der Waals surface area contributed by atoms with Crippen LogP contribution in [0.4, 0.5) is 6.01 Å². The molecule has 1 rings (SSSR count). The van der Waals surface area contributed by atoms with Gasteiger partial charge < -0.3 is 21.2 Å². The number of primary amides is 1. The number of nitrogens with two attached hydrogens (primary N) is 2. The second-order valence-electron chi connectivity index (χ2n) is 3.04. The van der Waals surface area contributed by atoms with Crippen molar-refractivity contribution < 1.29 is 9.21 Å². The molecule has 0 aliphatic heterocycles. The third kappa shape index (κ3) is 4.41. The average Bonchev–Trinajstić information content (AvgIpc) is 2.61. The van der Waals surface area contributed by atoms with Gasteiger partial charge in [-0.1, -0.05) is 5.10 Å². The summed E-state index contributed by atoms with van der Waals surface area (Å²) in [7, 11) is 0. The Kier molecular flexibility index (Phi) is 4.55. The van der Waals surface area contributed by atoms with Crippen molar-refractivity contribution in [3.05, 3.63) is 5.89 Å². The fraction of sp³-hybridized carbons (Fsp3) is 0.625. The maximum Gasteiger partial charge on any atom is 0.315 e. The summed E-state index contributed by atoms with van der Waals surface area (Å²) in [5.41, 5.74) is 10.3. The van der Waals surface area contributed by atoms with E-state index in [1.165, 1.54) is 0 Å². The molecule has 0 atom stereocenters. The Bertz CT molecular complexity index is 312. The van der Waals surface area contributed by atoms with Crippen molar-refractivity contribution in [1.82, 2.24) is 10.2 Å². The van der Waals surface area contributed by atoms with Gasteiger partial charge in [0.25, 0.3) is 0 Å². The minimum atomic E-state index is -0.314. The SMILES string of the molecule is NCCc1nnc(NCCCC(N)=O)o1. The number of nitrogens with zero attached hydrogens (tertiary/aromatic N) is 2. The van der Waals surface area contributed by atoms with Gasteiger partial charge in [0.2, 0.25) is 11.8 Å². The van der Waals surface area contributed by atoms with Crippen molar-refractivity contribution in [2.24, 2.45) is 11.5 Å². The summed E-state index contributed by atoms with van der Waals surface area (Å²) < 4.78 is 5.20. The van der Waals surface area contributed by atoms with Crippen LogP contribution in [0.1, 0.15) is 18.7 Å². The highest BCUT2D eigenvalue weighted by Gasteiger charge is 2.03. The third-order valence-electron chi connectivity index (χ3n) is 1.70. The molecular formula is C8H15N5O2. The molecule has 84 valence electrons. The van der Waals surface area contributed by atoms with Gasteiger partial charge in [-0.25, -0.2) is 0 Å². The highest BCUT2D eigenvalue weighted by molar-refractivity contribution is 5.73. The summed E-state index contributed by atoms with van der Waals surface area (Å²) >= 11 is 0. The van der Waals surface area contributed by atoms with Crippen LogP contribution in [-0.2, 0) is 11.2 Å². The van der Waals surface area contributed by atoms with E-state index in [0.717, 1.165) is 0 Å². The third-order valence-corrected chi connectivity index (χ3v) is 1.70. The smallest absolute Gasteiger partial charge is 0.315 e. The van der Waals surface area contributed by atoms with Gasteiger partial charge in [-0.2, -0.15) is 0 Å². The van der Waals surface area contributed by atoms with E-state index < -0.39 is 0 Å². The van der Waals surface area contributed by atoms with Crippen LogP contribution in [0.2, 0.25) is 0 Å². The number of rotatable bonds is 7. The first-order chi connectivity index (χ1) is 7.22. The van der Waals surface area contributed by atoms with E-state index >= 15 is 0 Å². The predicted molar refractivity (Wildman–Crippen MR) is 54.0 cm³/mol. The summed E-state index contributed by atoms with van der Waals surface area (Å²) in [5, 5.41) is 10.4. The molecule has 0 aliphatic carbocycles. The first-order valence-electron chi connectivity index (χ1n) is 4.77. The lowest BCUT2D eigenvalue weighted by molar-refractivity contribution is -0.118. The van der Waals surface area contributed by atoms with E-state index in [4.69, 9.17) is 15.9 Å². The molecule has 1 heterocycles. The molecule has 7 heteroatoms. The lowest BCUT2D eigenvalue weighted by Gasteiger charge is -1.98. The van der Waals surface area contributed by atoms with Gasteiger partial charge in [0, 0.05) is 25.9 Å². The summed E-state index contributed by atoms with van der Waals surface area (Å²) in [5.74, 6) is 0.195. The maximum atomic E-state index is 10.4. The van der Waals surface area contributed by atoms with Gasteiger partial charge >= 0.3 is 6.01 Å². The van der Waals surface area contributed by atoms with Crippen molar-refractivity contribution in [1.29, 1.82) is 0 Å². The van der Waals surface area contributed by atoms with Crippen LogP contribution in [0.15, 0.2) is 4.42 Å². The molecule has 15 heavy (non-hydrogen) atoms. The number of anilines is 1. The Balaban J connectivity index is 2.22. The van der Waals surface area contributed by atoms with Crippen molar-refractivity contribution in [3.8, 4) is 0 Å². The maximum absolute atomic E-state index is 10.4. The number of carbonyl (C=O) groups excluding carboxylic acids is 1. The number of aromatic nitrogens is 2. The van der Waals surface area contributed by atoms with E-state index in [9.17, 15) is 4.79 Å². The largest absolute Gasteiger partial charge is 0.408 e. The number of hydrogen-bond donors (Lipinski definition) is 3. The van der Waals surface area contributed by atoms with E-state index in [-0.39, 0.29) is 5.91 Å². The number of carbonyl (C=O) groups is 1. The van der Waals surface area contributed by atoms with Gasteiger partial charge in [-0.15, -0.1) is 5.10 Å². The molecule has 0 fully saturated rings. The Morgan fingerprint density at radius 3 is 2.93 bits per heavy atom. The Labute approximate surface area is 87.2 Å². The minimum Gasteiger partial charge on any atom is -0.408 e. The van der Waals surface area contributed by atoms with Crippen molar-refractivity contribution in [2.75, 3.05) is 18.4 Å². The Hall–Kier alpha value is -1.63. The van der Waals surface area contributed by atoms with E-state index in [1.807, 2.05) is 0 Å². The average molecular weight is 213 g/mol. The normalized spacial score (nSPS) is 10.2. The molecule has 0 saturated carbocycles. The highest BCUT2D eigenvalue weighted by atomic mass is 16.4. The fourth-order valence-electron chi connectivity index (χ4n) is 1.01. The zero-order valence-electron chi connectivity index (χ0n) is 8.40. The molecule has 0 radical (unpaired) electrons. The second kappa shape index (κ2) is 5.97. The Morgan fingerprint density at radius 2 is 2.27 bits per heavy atom. The van der Waals surface area contributed by atoms with Crippen LogP contribution < -0.4 is 16.8 Å². The van der Waals surface area contributed by atoms with Crippen molar-refractivity contribution in [2.45, 2.75) is 19.3 Å². The predicted octanol–water partition coefficient (Wildman–Crippen LogP) is -0.752. The zero-order chi connectivity index (χ0) is 11.1. The van der Waals surface area contributed by atoms with Crippen LogP contribution in [0.3, 0.4) is 0 Å². The lowest BCUT2D eigenvalue weighted by Crippen LogP contribution is -2.12. The summed E-state index contributed by atoms with van der Waals surface area (Å²) in [6.45, 7) is 1.05. The van der Waals surface area contributed by atoms with Gasteiger partial charge in [-0.05, 0) is 6.42 Å². The molecule has 1 aromatic heterocycles. The summed E-state index contributed by atoms with van der Waals surface area (Å²) in [6, 6.07) is 0.350. The van der Waals surface area contributed by atoms with Crippen LogP contribution in [0.5, 0.6) is 0 Å². The van der Waals surface area contributed by atoms with Crippen LogP contribution in [-0.4, -0.2) is 29.2 Å². The number of amides is 1. The zero-order valence-corrected chi connectivity index (χ0v) is 8.40. The standard InChI is InChI=1S/C8H15N5O2/c9-4-3-7-12-13-8(15-7)11-5-1-2-6(10)14/h1-5,9H2,(H2,10,14)(H,11,13). The molecule has 0 bridgehead atoms. The van der Waals surface area contributed by atoms with Gasteiger partial charge in [0.1, 0.15) is 0 Å². The molecule has 0 spiro atoms. The monoisotopic (exact) mass is 213 g/mol.